The number of hydrogen-bond donors (Lipinski definition) is 0. The number of fused-ring (bicyclic) bond motifs is 6. The van der Waals surface area contributed by atoms with E-state index >= 15 is 0 Å². The summed E-state index contributed by atoms with van der Waals surface area (Å²) in [5.74, 6) is 0.674. The fraction of sp³-hybridized carbons (Fsp3) is 0.281. The second kappa shape index (κ2) is 7.84. The summed E-state index contributed by atoms with van der Waals surface area (Å²) in [6.07, 6.45) is 5.89. The lowest BCUT2D eigenvalue weighted by Gasteiger charge is -2.31. The number of pyridine rings is 1. The molecule has 170 valence electrons. The molecule has 3 atom stereocenters. The van der Waals surface area contributed by atoms with E-state index < -0.39 is 0 Å². The molecule has 2 heteroatoms. The van der Waals surface area contributed by atoms with E-state index in [0.717, 1.165) is 0 Å². The lowest BCUT2D eigenvalue weighted by atomic mass is 9.79. The van der Waals surface area contributed by atoms with Gasteiger partial charge in [0, 0.05) is 41.5 Å². The van der Waals surface area contributed by atoms with Gasteiger partial charge in [-0.1, -0.05) is 63.2 Å². The third kappa shape index (κ3) is 2.60. The molecule has 4 aromatic rings. The summed E-state index contributed by atoms with van der Waals surface area (Å²) in [6, 6.07) is 35.4. The summed E-state index contributed by atoms with van der Waals surface area (Å²) in [6.45, 7) is 7.16. The van der Waals surface area contributed by atoms with Crippen LogP contribution in [0.1, 0.15) is 45.6 Å². The number of hydrogen-bond acceptors (Lipinski definition) is 1. The Morgan fingerprint density at radius 1 is 0.706 bits per heavy atom. The van der Waals surface area contributed by atoms with Crippen LogP contribution in [0.4, 0.5) is 17.1 Å². The maximum atomic E-state index is 2.63. The van der Waals surface area contributed by atoms with Crippen molar-refractivity contribution >= 4 is 17.1 Å². The van der Waals surface area contributed by atoms with E-state index in [2.05, 4.69) is 133 Å². The van der Waals surface area contributed by atoms with Crippen LogP contribution in [0.25, 0.3) is 11.3 Å². The molecule has 3 aromatic carbocycles. The number of benzene rings is 3. The summed E-state index contributed by atoms with van der Waals surface area (Å²) >= 11 is 0. The Kier molecular flexibility index (Phi) is 4.88. The van der Waals surface area contributed by atoms with Crippen LogP contribution in [0.5, 0.6) is 0 Å². The predicted molar refractivity (Wildman–Crippen MR) is 141 cm³/mol. The Morgan fingerprint density at radius 3 is 1.94 bits per heavy atom. The first-order valence-electron chi connectivity index (χ1n) is 12.8. The summed E-state index contributed by atoms with van der Waals surface area (Å²) in [5.41, 5.74) is 8.25. The van der Waals surface area contributed by atoms with Crippen LogP contribution in [0.15, 0.2) is 103 Å². The van der Waals surface area contributed by atoms with Gasteiger partial charge in [-0.05, 0) is 60.9 Å². The first-order valence-corrected chi connectivity index (χ1v) is 12.8. The molecule has 1 fully saturated rings. The van der Waals surface area contributed by atoms with E-state index in [4.69, 9.17) is 0 Å². The minimum atomic E-state index is 0.195. The SMILES string of the molecule is CCC1C2(CC)c3ccc(N(c4ccccc4)c4ccccc4)cc3-c3cccc[n+]3C12CC. The zero-order valence-corrected chi connectivity index (χ0v) is 20.4. The molecule has 6 rings (SSSR count). The lowest BCUT2D eigenvalue weighted by Crippen LogP contribution is -2.55. The molecule has 1 saturated carbocycles. The van der Waals surface area contributed by atoms with Crippen LogP contribution in [0.3, 0.4) is 0 Å². The normalized spacial score (nSPS) is 24.0. The highest BCUT2D eigenvalue weighted by Crippen LogP contribution is 2.73. The molecule has 3 unspecified atom stereocenters. The van der Waals surface area contributed by atoms with Gasteiger partial charge in [-0.2, -0.15) is 4.57 Å². The van der Waals surface area contributed by atoms with Gasteiger partial charge in [0.25, 0.3) is 0 Å². The molecule has 0 saturated heterocycles. The van der Waals surface area contributed by atoms with Gasteiger partial charge < -0.3 is 4.90 Å². The Bertz CT molecular complexity index is 1290. The van der Waals surface area contributed by atoms with Crippen LogP contribution >= 0.6 is 0 Å². The number of anilines is 3. The van der Waals surface area contributed by atoms with Crippen molar-refractivity contribution in [1.29, 1.82) is 0 Å². The fourth-order valence-electron chi connectivity index (χ4n) is 7.52. The topological polar surface area (TPSA) is 7.12 Å². The minimum Gasteiger partial charge on any atom is -0.310 e. The standard InChI is InChI=1S/C32H33N2/c1-4-30-31(5-2)28-21-20-26(23-27(28)29-19-13-14-22-33(29)32(30,31)6-3)34(24-15-9-7-10-16-24)25-17-11-8-12-18-25/h7-23,30H,4-6H2,1-3H3/q+1. The van der Waals surface area contributed by atoms with Crippen molar-refractivity contribution in [2.45, 2.75) is 51.0 Å². The van der Waals surface area contributed by atoms with E-state index in [0.29, 0.717) is 5.92 Å². The predicted octanol–water partition coefficient (Wildman–Crippen LogP) is 7.92. The van der Waals surface area contributed by atoms with E-state index in [1.54, 1.807) is 5.56 Å². The molecule has 0 bridgehead atoms. The molecule has 0 spiro atoms. The second-order valence-electron chi connectivity index (χ2n) is 9.76. The minimum absolute atomic E-state index is 0.195. The molecule has 0 radical (unpaired) electrons. The van der Waals surface area contributed by atoms with Gasteiger partial charge in [0.2, 0.25) is 5.69 Å². The van der Waals surface area contributed by atoms with Crippen LogP contribution in [-0.4, -0.2) is 0 Å². The molecule has 2 nitrogen and oxygen atoms in total. The van der Waals surface area contributed by atoms with Gasteiger partial charge in [0.15, 0.2) is 11.7 Å². The van der Waals surface area contributed by atoms with Crippen LogP contribution in [-0.2, 0) is 11.0 Å². The maximum absolute atomic E-state index is 2.63. The van der Waals surface area contributed by atoms with Crippen molar-refractivity contribution in [3.63, 3.8) is 0 Å². The van der Waals surface area contributed by atoms with Crippen LogP contribution in [0, 0.1) is 5.92 Å². The molecule has 2 aliphatic rings. The quantitative estimate of drug-likeness (QED) is 0.273. The Labute approximate surface area is 203 Å². The van der Waals surface area contributed by atoms with Gasteiger partial charge in [-0.15, -0.1) is 0 Å². The van der Waals surface area contributed by atoms with Gasteiger partial charge >= 0.3 is 0 Å². The Hall–Kier alpha value is -3.39. The average molecular weight is 446 g/mol. The van der Waals surface area contributed by atoms with Crippen molar-refractivity contribution in [3.05, 3.63) is 109 Å². The summed E-state index contributed by atoms with van der Waals surface area (Å²) < 4.78 is 2.63. The smallest absolute Gasteiger partial charge is 0.213 e. The van der Waals surface area contributed by atoms with E-state index in [1.165, 1.54) is 47.6 Å². The van der Waals surface area contributed by atoms with Gasteiger partial charge in [0.1, 0.15) is 0 Å². The summed E-state index contributed by atoms with van der Waals surface area (Å²) in [5, 5.41) is 0. The second-order valence-corrected chi connectivity index (χ2v) is 9.76. The molecule has 2 heterocycles. The third-order valence-corrected chi connectivity index (χ3v) is 8.70. The molecule has 0 N–H and O–H groups in total. The lowest BCUT2D eigenvalue weighted by molar-refractivity contribution is -0.738. The summed E-state index contributed by atoms with van der Waals surface area (Å²) in [7, 11) is 0. The van der Waals surface area contributed by atoms with E-state index in [9.17, 15) is 0 Å². The molecule has 1 aliphatic carbocycles. The fourth-order valence-corrected chi connectivity index (χ4v) is 7.52. The van der Waals surface area contributed by atoms with E-state index in [1.807, 2.05) is 0 Å². The first-order chi connectivity index (χ1) is 16.7. The van der Waals surface area contributed by atoms with E-state index in [-0.39, 0.29) is 11.0 Å². The van der Waals surface area contributed by atoms with Crippen LogP contribution in [0.2, 0.25) is 0 Å². The van der Waals surface area contributed by atoms with Crippen molar-refractivity contribution in [2.75, 3.05) is 4.90 Å². The highest BCUT2D eigenvalue weighted by molar-refractivity contribution is 5.81. The molecular formula is C32H33N2+. The zero-order valence-electron chi connectivity index (χ0n) is 20.4. The maximum Gasteiger partial charge on any atom is 0.213 e. The highest BCUT2D eigenvalue weighted by atomic mass is 15.2. The summed E-state index contributed by atoms with van der Waals surface area (Å²) in [4.78, 5) is 2.37. The number of rotatable bonds is 6. The molecule has 1 aromatic heterocycles. The number of nitrogens with zero attached hydrogens (tertiary/aromatic N) is 2. The van der Waals surface area contributed by atoms with Crippen molar-refractivity contribution < 1.29 is 4.57 Å². The Morgan fingerprint density at radius 2 is 1.35 bits per heavy atom. The van der Waals surface area contributed by atoms with Gasteiger partial charge in [-0.3, -0.25) is 0 Å². The monoisotopic (exact) mass is 445 g/mol. The first kappa shape index (κ1) is 21.2. The number of aromatic nitrogens is 1. The average Bonchev–Trinajstić information content (AvgIpc) is 3.54. The molecular weight excluding hydrogens is 412 g/mol. The number of para-hydroxylation sites is 2. The van der Waals surface area contributed by atoms with Crippen LogP contribution < -0.4 is 9.47 Å². The third-order valence-electron chi connectivity index (χ3n) is 8.70. The zero-order chi connectivity index (χ0) is 23.3. The van der Waals surface area contributed by atoms with Crippen molar-refractivity contribution in [2.24, 2.45) is 5.92 Å². The van der Waals surface area contributed by atoms with Gasteiger partial charge in [-0.25, -0.2) is 0 Å². The van der Waals surface area contributed by atoms with Crippen molar-refractivity contribution in [3.8, 4) is 11.3 Å². The van der Waals surface area contributed by atoms with Crippen molar-refractivity contribution in [1.82, 2.24) is 0 Å². The molecule has 1 aliphatic heterocycles. The molecule has 0 amide bonds. The molecule has 34 heavy (non-hydrogen) atoms. The highest BCUT2D eigenvalue weighted by Gasteiger charge is 2.83. The Balaban J connectivity index is 1.59. The van der Waals surface area contributed by atoms with Gasteiger partial charge in [0.05, 0.1) is 11.0 Å². The largest absolute Gasteiger partial charge is 0.310 e.